The molecule has 0 saturated heterocycles. The SMILES string of the molecule is Cc1cc(C#Cc2ccc([N+](=O)[O-])cc2)cc(=O)o1. The molecule has 0 radical (unpaired) electrons. The maximum atomic E-state index is 11.1. The van der Waals surface area contributed by atoms with E-state index in [4.69, 9.17) is 4.42 Å². The van der Waals surface area contributed by atoms with Gasteiger partial charge in [0.15, 0.2) is 0 Å². The van der Waals surface area contributed by atoms with Crippen molar-refractivity contribution in [2.24, 2.45) is 0 Å². The summed E-state index contributed by atoms with van der Waals surface area (Å²) in [6, 6.07) is 8.83. The number of nitro benzene ring substituents is 1. The predicted molar refractivity (Wildman–Crippen MR) is 68.8 cm³/mol. The van der Waals surface area contributed by atoms with Crippen molar-refractivity contribution in [3.05, 3.63) is 73.8 Å². The monoisotopic (exact) mass is 255 g/mol. The van der Waals surface area contributed by atoms with Crippen LogP contribution in [0.1, 0.15) is 16.9 Å². The third-order valence-electron chi connectivity index (χ3n) is 2.32. The summed E-state index contributed by atoms with van der Waals surface area (Å²) in [5.41, 5.74) is 0.748. The van der Waals surface area contributed by atoms with Gasteiger partial charge in [-0.05, 0) is 25.1 Å². The highest BCUT2D eigenvalue weighted by Gasteiger charge is 2.02. The van der Waals surface area contributed by atoms with Crippen molar-refractivity contribution in [1.29, 1.82) is 0 Å². The molecule has 0 N–H and O–H groups in total. The Morgan fingerprint density at radius 1 is 1.11 bits per heavy atom. The van der Waals surface area contributed by atoms with E-state index in [9.17, 15) is 14.9 Å². The van der Waals surface area contributed by atoms with Crippen LogP contribution < -0.4 is 5.63 Å². The average Bonchev–Trinajstić information content (AvgIpc) is 2.36. The van der Waals surface area contributed by atoms with Gasteiger partial charge in [0, 0.05) is 29.3 Å². The zero-order valence-corrected chi connectivity index (χ0v) is 10.0. The fraction of sp³-hybridized carbons (Fsp3) is 0.0714. The maximum Gasteiger partial charge on any atom is 0.337 e. The summed E-state index contributed by atoms with van der Waals surface area (Å²) in [6.07, 6.45) is 0. The van der Waals surface area contributed by atoms with E-state index in [1.165, 1.54) is 18.2 Å². The van der Waals surface area contributed by atoms with Crippen molar-refractivity contribution >= 4 is 5.69 Å². The summed E-state index contributed by atoms with van der Waals surface area (Å²) < 4.78 is 4.81. The van der Waals surface area contributed by atoms with Gasteiger partial charge in [-0.25, -0.2) is 4.79 Å². The first-order chi connectivity index (χ1) is 9.04. The fourth-order valence-corrected chi connectivity index (χ4v) is 1.49. The molecule has 0 atom stereocenters. The van der Waals surface area contributed by atoms with E-state index in [0.29, 0.717) is 16.9 Å². The Labute approximate surface area is 108 Å². The van der Waals surface area contributed by atoms with Crippen LogP contribution in [-0.2, 0) is 0 Å². The second kappa shape index (κ2) is 5.19. The molecule has 1 aromatic carbocycles. The van der Waals surface area contributed by atoms with Crippen LogP contribution in [0.15, 0.2) is 45.6 Å². The summed E-state index contributed by atoms with van der Waals surface area (Å²) in [5, 5.41) is 10.5. The first-order valence-electron chi connectivity index (χ1n) is 5.43. The molecule has 2 rings (SSSR count). The zero-order valence-electron chi connectivity index (χ0n) is 10.0. The van der Waals surface area contributed by atoms with E-state index in [2.05, 4.69) is 11.8 Å². The molecule has 0 bridgehead atoms. The molecule has 5 nitrogen and oxygen atoms in total. The molecule has 0 unspecified atom stereocenters. The Morgan fingerprint density at radius 3 is 2.32 bits per heavy atom. The predicted octanol–water partition coefficient (Wildman–Crippen LogP) is 2.26. The lowest BCUT2D eigenvalue weighted by Crippen LogP contribution is -1.98. The van der Waals surface area contributed by atoms with E-state index < -0.39 is 10.5 Å². The number of aryl methyl sites for hydroxylation is 1. The average molecular weight is 255 g/mol. The van der Waals surface area contributed by atoms with Gasteiger partial charge >= 0.3 is 5.63 Å². The number of nitrogens with zero attached hydrogens (tertiary/aromatic N) is 1. The van der Waals surface area contributed by atoms with Crippen LogP contribution in [0.3, 0.4) is 0 Å². The van der Waals surface area contributed by atoms with Gasteiger partial charge in [-0.15, -0.1) is 0 Å². The van der Waals surface area contributed by atoms with E-state index in [1.54, 1.807) is 25.1 Å². The third kappa shape index (κ3) is 3.30. The van der Waals surface area contributed by atoms with E-state index >= 15 is 0 Å². The Balaban J connectivity index is 2.28. The summed E-state index contributed by atoms with van der Waals surface area (Å²) in [7, 11) is 0. The largest absolute Gasteiger partial charge is 0.428 e. The van der Waals surface area contributed by atoms with Crippen molar-refractivity contribution < 1.29 is 9.34 Å². The summed E-state index contributed by atoms with van der Waals surface area (Å²) in [6.45, 7) is 1.67. The summed E-state index contributed by atoms with van der Waals surface area (Å²) in [4.78, 5) is 21.2. The number of non-ortho nitro benzene ring substituents is 1. The number of hydrogen-bond acceptors (Lipinski definition) is 4. The zero-order chi connectivity index (χ0) is 13.8. The fourth-order valence-electron chi connectivity index (χ4n) is 1.49. The molecule has 5 heteroatoms. The van der Waals surface area contributed by atoms with Crippen LogP contribution in [0, 0.1) is 28.9 Å². The molecule has 0 amide bonds. The van der Waals surface area contributed by atoms with Crippen LogP contribution in [0.25, 0.3) is 0 Å². The molecule has 1 heterocycles. The molecule has 0 spiro atoms. The molecular weight excluding hydrogens is 246 g/mol. The van der Waals surface area contributed by atoms with Crippen LogP contribution in [-0.4, -0.2) is 4.92 Å². The molecule has 0 fully saturated rings. The Morgan fingerprint density at radius 2 is 1.74 bits per heavy atom. The molecule has 2 aromatic rings. The normalized spacial score (nSPS) is 9.53. The Hall–Kier alpha value is -2.87. The van der Waals surface area contributed by atoms with Crippen LogP contribution in [0.5, 0.6) is 0 Å². The molecule has 0 aliphatic heterocycles. The van der Waals surface area contributed by atoms with Gasteiger partial charge in [0.05, 0.1) is 4.92 Å². The van der Waals surface area contributed by atoms with Crippen molar-refractivity contribution in [2.45, 2.75) is 6.92 Å². The molecular formula is C14H9NO4. The molecule has 0 aliphatic carbocycles. The second-order valence-corrected chi connectivity index (χ2v) is 3.83. The van der Waals surface area contributed by atoms with E-state index in [0.717, 1.165) is 0 Å². The lowest BCUT2D eigenvalue weighted by molar-refractivity contribution is -0.384. The van der Waals surface area contributed by atoms with Crippen LogP contribution in [0.2, 0.25) is 0 Å². The molecule has 19 heavy (non-hydrogen) atoms. The minimum absolute atomic E-state index is 0.0155. The maximum absolute atomic E-state index is 11.1. The van der Waals surface area contributed by atoms with Crippen molar-refractivity contribution in [3.8, 4) is 11.8 Å². The number of nitro groups is 1. The van der Waals surface area contributed by atoms with Gasteiger partial charge in [0.1, 0.15) is 5.76 Å². The van der Waals surface area contributed by atoms with Gasteiger partial charge in [-0.1, -0.05) is 11.8 Å². The quantitative estimate of drug-likeness (QED) is 0.445. The van der Waals surface area contributed by atoms with Gasteiger partial charge in [-0.2, -0.15) is 0 Å². The lowest BCUT2D eigenvalue weighted by Gasteiger charge is -1.92. The van der Waals surface area contributed by atoms with Crippen LogP contribution in [0.4, 0.5) is 5.69 Å². The Bertz CT molecular complexity index is 733. The number of rotatable bonds is 1. The number of benzene rings is 1. The first-order valence-corrected chi connectivity index (χ1v) is 5.43. The highest BCUT2D eigenvalue weighted by Crippen LogP contribution is 2.11. The number of hydrogen-bond donors (Lipinski definition) is 0. The molecule has 0 aliphatic rings. The Kier molecular flexibility index (Phi) is 3.44. The van der Waals surface area contributed by atoms with Crippen LogP contribution >= 0.6 is 0 Å². The van der Waals surface area contributed by atoms with Gasteiger partial charge in [0.2, 0.25) is 0 Å². The lowest BCUT2D eigenvalue weighted by atomic mass is 10.2. The summed E-state index contributed by atoms with van der Waals surface area (Å²) in [5.74, 6) is 6.13. The smallest absolute Gasteiger partial charge is 0.337 e. The highest BCUT2D eigenvalue weighted by molar-refractivity contribution is 5.45. The molecule has 94 valence electrons. The van der Waals surface area contributed by atoms with Gasteiger partial charge in [-0.3, -0.25) is 10.1 Å². The highest BCUT2D eigenvalue weighted by atomic mass is 16.6. The first kappa shape index (κ1) is 12.6. The summed E-state index contributed by atoms with van der Waals surface area (Å²) >= 11 is 0. The van der Waals surface area contributed by atoms with Gasteiger partial charge < -0.3 is 4.42 Å². The van der Waals surface area contributed by atoms with Crippen molar-refractivity contribution in [3.63, 3.8) is 0 Å². The van der Waals surface area contributed by atoms with E-state index in [1.807, 2.05) is 0 Å². The topological polar surface area (TPSA) is 73.3 Å². The molecule has 1 aromatic heterocycles. The third-order valence-corrected chi connectivity index (χ3v) is 2.32. The van der Waals surface area contributed by atoms with E-state index in [-0.39, 0.29) is 5.69 Å². The second-order valence-electron chi connectivity index (χ2n) is 3.83. The standard InChI is InChI=1S/C14H9NO4/c1-10-8-12(9-14(16)19-10)3-2-11-4-6-13(7-5-11)15(17)18/h4-9H,1H3. The van der Waals surface area contributed by atoms with Gasteiger partial charge in [0.25, 0.3) is 5.69 Å². The minimum Gasteiger partial charge on any atom is -0.428 e. The van der Waals surface area contributed by atoms with Crippen molar-refractivity contribution in [1.82, 2.24) is 0 Å². The van der Waals surface area contributed by atoms with Crippen molar-refractivity contribution in [2.75, 3.05) is 0 Å². The molecule has 0 saturated carbocycles. The minimum atomic E-state index is -0.469.